The molecule has 6 heteroatoms. The Bertz CT molecular complexity index is 634. The van der Waals surface area contributed by atoms with Gasteiger partial charge in [0.1, 0.15) is 12.4 Å². The molecule has 2 rings (SSSR count). The van der Waals surface area contributed by atoms with Gasteiger partial charge in [-0.3, -0.25) is 0 Å². The second kappa shape index (κ2) is 6.45. The lowest BCUT2D eigenvalue weighted by Crippen LogP contribution is -1.97. The fraction of sp³-hybridized carbons (Fsp3) is 0.214. The summed E-state index contributed by atoms with van der Waals surface area (Å²) in [7, 11) is 1.62. The molecule has 0 amide bonds. The van der Waals surface area contributed by atoms with Crippen molar-refractivity contribution in [3.05, 3.63) is 58.1 Å². The van der Waals surface area contributed by atoms with Gasteiger partial charge in [0.15, 0.2) is 0 Å². The van der Waals surface area contributed by atoms with E-state index in [-0.39, 0.29) is 0 Å². The van der Waals surface area contributed by atoms with Gasteiger partial charge in [0.25, 0.3) is 0 Å². The molecule has 0 N–H and O–H groups in total. The second-order valence-electron chi connectivity index (χ2n) is 4.14. The standard InChI is InChI=1S/C14H14N4O2/c1-10-8-16-14(7-13(10)17-18-15)20-9-11-3-5-12(19-2)6-4-11/h3-8H,9H2,1-2H3. The summed E-state index contributed by atoms with van der Waals surface area (Å²) < 4.78 is 10.7. The monoisotopic (exact) mass is 270 g/mol. The van der Waals surface area contributed by atoms with E-state index in [9.17, 15) is 0 Å². The van der Waals surface area contributed by atoms with E-state index in [4.69, 9.17) is 15.0 Å². The summed E-state index contributed by atoms with van der Waals surface area (Å²) in [6.45, 7) is 2.21. The first-order valence-electron chi connectivity index (χ1n) is 6.00. The zero-order valence-corrected chi connectivity index (χ0v) is 11.3. The van der Waals surface area contributed by atoms with E-state index < -0.39 is 0 Å². The Hall–Kier alpha value is -2.72. The molecule has 1 aromatic heterocycles. The zero-order valence-electron chi connectivity index (χ0n) is 11.3. The molecule has 0 aliphatic carbocycles. The van der Waals surface area contributed by atoms with Crippen molar-refractivity contribution in [1.82, 2.24) is 4.98 Å². The van der Waals surface area contributed by atoms with E-state index in [1.165, 1.54) is 0 Å². The van der Waals surface area contributed by atoms with Gasteiger partial charge in [-0.15, -0.1) is 0 Å². The van der Waals surface area contributed by atoms with Gasteiger partial charge in [-0.25, -0.2) is 4.98 Å². The van der Waals surface area contributed by atoms with Crippen LogP contribution in [-0.2, 0) is 6.61 Å². The highest BCUT2D eigenvalue weighted by Crippen LogP contribution is 2.23. The number of hydrogen-bond acceptors (Lipinski definition) is 4. The maximum Gasteiger partial charge on any atom is 0.213 e. The predicted molar refractivity (Wildman–Crippen MR) is 75.1 cm³/mol. The molecule has 0 atom stereocenters. The van der Waals surface area contributed by atoms with Crippen molar-refractivity contribution in [2.75, 3.05) is 7.11 Å². The minimum absolute atomic E-state index is 0.385. The second-order valence-corrected chi connectivity index (χ2v) is 4.14. The van der Waals surface area contributed by atoms with Gasteiger partial charge in [-0.05, 0) is 35.7 Å². The van der Waals surface area contributed by atoms with Crippen LogP contribution in [0.4, 0.5) is 5.69 Å². The van der Waals surface area contributed by atoms with Gasteiger partial charge in [-0.2, -0.15) is 0 Å². The Balaban J connectivity index is 2.06. The number of azide groups is 1. The summed E-state index contributed by atoms with van der Waals surface area (Å²) in [6, 6.07) is 9.20. The maximum absolute atomic E-state index is 8.48. The van der Waals surface area contributed by atoms with Crippen LogP contribution in [0.1, 0.15) is 11.1 Å². The van der Waals surface area contributed by atoms with E-state index in [2.05, 4.69) is 15.0 Å². The SMILES string of the molecule is COc1ccc(COc2cc(N=[N+]=[N-])c(C)cn2)cc1. The van der Waals surface area contributed by atoms with Gasteiger partial charge in [0.2, 0.25) is 5.88 Å². The number of aromatic nitrogens is 1. The third-order valence-corrected chi connectivity index (χ3v) is 2.75. The smallest absolute Gasteiger partial charge is 0.213 e. The molecule has 2 aromatic rings. The van der Waals surface area contributed by atoms with E-state index in [1.807, 2.05) is 31.2 Å². The Kier molecular flexibility index (Phi) is 4.42. The molecular formula is C14H14N4O2. The van der Waals surface area contributed by atoms with Crippen LogP contribution in [-0.4, -0.2) is 12.1 Å². The van der Waals surface area contributed by atoms with Crippen LogP contribution in [0.3, 0.4) is 0 Å². The molecule has 1 aromatic carbocycles. The van der Waals surface area contributed by atoms with Crippen molar-refractivity contribution in [1.29, 1.82) is 0 Å². The lowest BCUT2D eigenvalue weighted by Gasteiger charge is -2.07. The number of rotatable bonds is 5. The molecule has 102 valence electrons. The van der Waals surface area contributed by atoms with Crippen molar-refractivity contribution in [2.24, 2.45) is 5.11 Å². The van der Waals surface area contributed by atoms with Crippen molar-refractivity contribution in [3.63, 3.8) is 0 Å². The molecule has 0 radical (unpaired) electrons. The molecule has 20 heavy (non-hydrogen) atoms. The van der Waals surface area contributed by atoms with Gasteiger partial charge in [-0.1, -0.05) is 17.2 Å². The van der Waals surface area contributed by atoms with E-state index in [1.54, 1.807) is 19.4 Å². The summed E-state index contributed by atoms with van der Waals surface area (Å²) in [6.07, 6.45) is 1.62. The number of ether oxygens (including phenoxy) is 2. The van der Waals surface area contributed by atoms with Gasteiger partial charge in [0, 0.05) is 22.9 Å². The first-order valence-corrected chi connectivity index (χ1v) is 6.00. The number of nitrogens with zero attached hydrogens (tertiary/aromatic N) is 4. The van der Waals surface area contributed by atoms with Crippen LogP contribution in [0.15, 0.2) is 41.6 Å². The van der Waals surface area contributed by atoms with Gasteiger partial charge < -0.3 is 9.47 Å². The number of benzene rings is 1. The minimum atomic E-state index is 0.385. The van der Waals surface area contributed by atoms with Crippen molar-refractivity contribution in [2.45, 2.75) is 13.5 Å². The van der Waals surface area contributed by atoms with Crippen molar-refractivity contribution >= 4 is 5.69 Å². The quantitative estimate of drug-likeness (QED) is 0.469. The number of hydrogen-bond donors (Lipinski definition) is 0. The molecule has 0 fully saturated rings. The van der Waals surface area contributed by atoms with Crippen LogP contribution in [0.5, 0.6) is 11.6 Å². The lowest BCUT2D eigenvalue weighted by molar-refractivity contribution is 0.293. The fourth-order valence-electron chi connectivity index (χ4n) is 1.61. The largest absolute Gasteiger partial charge is 0.497 e. The average molecular weight is 270 g/mol. The zero-order chi connectivity index (χ0) is 14.4. The van der Waals surface area contributed by atoms with E-state index in [0.717, 1.165) is 16.9 Å². The molecule has 0 saturated carbocycles. The summed E-state index contributed by atoms with van der Waals surface area (Å²) in [4.78, 5) is 6.91. The van der Waals surface area contributed by atoms with Crippen LogP contribution >= 0.6 is 0 Å². The van der Waals surface area contributed by atoms with Gasteiger partial charge >= 0.3 is 0 Å². The molecule has 0 aliphatic rings. The summed E-state index contributed by atoms with van der Waals surface area (Å²) >= 11 is 0. The van der Waals surface area contributed by atoms with Crippen LogP contribution in [0.2, 0.25) is 0 Å². The fourth-order valence-corrected chi connectivity index (χ4v) is 1.61. The Morgan fingerprint density at radius 3 is 2.70 bits per heavy atom. The lowest BCUT2D eigenvalue weighted by atomic mass is 10.2. The summed E-state index contributed by atoms with van der Waals surface area (Å²) in [5.41, 5.74) is 10.8. The highest BCUT2D eigenvalue weighted by molar-refractivity contribution is 5.46. The van der Waals surface area contributed by atoms with Crippen molar-refractivity contribution in [3.8, 4) is 11.6 Å². The number of aryl methyl sites for hydroxylation is 1. The molecule has 0 unspecified atom stereocenters. The third-order valence-electron chi connectivity index (χ3n) is 2.75. The molecule has 6 nitrogen and oxygen atoms in total. The van der Waals surface area contributed by atoms with Crippen molar-refractivity contribution < 1.29 is 9.47 Å². The van der Waals surface area contributed by atoms with E-state index >= 15 is 0 Å². The third kappa shape index (κ3) is 3.40. The molecule has 1 heterocycles. The first-order chi connectivity index (χ1) is 9.72. The van der Waals surface area contributed by atoms with Crippen LogP contribution < -0.4 is 9.47 Å². The van der Waals surface area contributed by atoms with Crippen LogP contribution in [0.25, 0.3) is 10.4 Å². The minimum Gasteiger partial charge on any atom is -0.497 e. The molecule has 0 aliphatic heterocycles. The molecule has 0 saturated heterocycles. The van der Waals surface area contributed by atoms with Crippen LogP contribution in [0, 0.1) is 6.92 Å². The highest BCUT2D eigenvalue weighted by atomic mass is 16.5. The average Bonchev–Trinajstić information content (AvgIpc) is 2.49. The Morgan fingerprint density at radius 1 is 1.30 bits per heavy atom. The molecule has 0 spiro atoms. The first kappa shape index (κ1) is 13.7. The number of methoxy groups -OCH3 is 1. The van der Waals surface area contributed by atoms with E-state index in [0.29, 0.717) is 18.2 Å². The molecular weight excluding hydrogens is 256 g/mol. The topological polar surface area (TPSA) is 80.1 Å². The van der Waals surface area contributed by atoms with Gasteiger partial charge in [0.05, 0.1) is 7.11 Å². The Labute approximate surface area is 116 Å². The summed E-state index contributed by atoms with van der Waals surface area (Å²) in [5, 5.41) is 3.59. The summed E-state index contributed by atoms with van der Waals surface area (Å²) in [5.74, 6) is 1.22. The number of pyridine rings is 1. The predicted octanol–water partition coefficient (Wildman–Crippen LogP) is 3.92. The highest BCUT2D eigenvalue weighted by Gasteiger charge is 2.02. The maximum atomic E-state index is 8.48. The normalized spacial score (nSPS) is 9.70. The Morgan fingerprint density at radius 2 is 2.05 bits per heavy atom. The molecule has 0 bridgehead atoms.